The Morgan fingerprint density at radius 3 is 2.79 bits per heavy atom. The van der Waals surface area contributed by atoms with Gasteiger partial charge in [0.25, 0.3) is 0 Å². The zero-order valence-corrected chi connectivity index (χ0v) is 10.9. The number of aryl methyl sites for hydroxylation is 1. The van der Waals surface area contributed by atoms with E-state index in [-0.39, 0.29) is 17.7 Å². The third-order valence-corrected chi connectivity index (χ3v) is 3.45. The second-order valence-corrected chi connectivity index (χ2v) is 4.92. The van der Waals surface area contributed by atoms with Crippen LogP contribution in [0.15, 0.2) is 6.33 Å². The van der Waals surface area contributed by atoms with Gasteiger partial charge in [0.2, 0.25) is 5.91 Å². The molecule has 19 heavy (non-hydrogen) atoms. The fraction of sp³-hybridized carbons (Fsp3) is 0.667. The summed E-state index contributed by atoms with van der Waals surface area (Å²) in [5.41, 5.74) is 0. The number of carbonyl (C=O) groups is 2. The van der Waals surface area contributed by atoms with Crippen molar-refractivity contribution in [2.24, 2.45) is 18.9 Å². The van der Waals surface area contributed by atoms with E-state index in [1.54, 1.807) is 18.1 Å². The maximum atomic E-state index is 11.9. The van der Waals surface area contributed by atoms with Gasteiger partial charge in [-0.25, -0.2) is 4.98 Å². The summed E-state index contributed by atoms with van der Waals surface area (Å²) in [7, 11) is 1.79. The molecule has 0 spiro atoms. The van der Waals surface area contributed by atoms with Crippen LogP contribution in [0, 0.1) is 11.8 Å². The minimum atomic E-state index is -0.798. The average Bonchev–Trinajstić information content (AvgIpc) is 2.98. The highest BCUT2D eigenvalue weighted by Gasteiger charge is 2.33. The number of hydrogen-bond acceptors (Lipinski definition) is 4. The molecule has 1 aliphatic carbocycles. The number of hydrogen-bond donors (Lipinski definition) is 2. The van der Waals surface area contributed by atoms with Crippen LogP contribution in [0.3, 0.4) is 0 Å². The van der Waals surface area contributed by atoms with Crippen LogP contribution in [-0.4, -0.2) is 38.3 Å². The molecular weight excluding hydrogens is 248 g/mol. The summed E-state index contributed by atoms with van der Waals surface area (Å²) in [5, 5.41) is 15.8. The van der Waals surface area contributed by atoms with Gasteiger partial charge in [-0.1, -0.05) is 0 Å². The summed E-state index contributed by atoms with van der Waals surface area (Å²) in [4.78, 5) is 26.7. The molecule has 0 bridgehead atoms. The van der Waals surface area contributed by atoms with Crippen LogP contribution in [-0.2, 0) is 23.1 Å². The minimum Gasteiger partial charge on any atom is -0.481 e. The number of aliphatic carboxylic acids is 1. The summed E-state index contributed by atoms with van der Waals surface area (Å²) >= 11 is 0. The molecular formula is C12H18N4O3. The average molecular weight is 266 g/mol. The number of amides is 1. The van der Waals surface area contributed by atoms with Gasteiger partial charge in [0.1, 0.15) is 6.33 Å². The van der Waals surface area contributed by atoms with E-state index in [4.69, 9.17) is 5.11 Å². The van der Waals surface area contributed by atoms with Crippen LogP contribution >= 0.6 is 0 Å². The van der Waals surface area contributed by atoms with Crippen molar-refractivity contribution >= 4 is 11.9 Å². The molecule has 2 atom stereocenters. The molecule has 2 rings (SSSR count). The summed E-state index contributed by atoms with van der Waals surface area (Å²) < 4.78 is 1.62. The Labute approximate surface area is 111 Å². The maximum absolute atomic E-state index is 11.9. The van der Waals surface area contributed by atoms with Crippen molar-refractivity contribution in [1.29, 1.82) is 0 Å². The van der Waals surface area contributed by atoms with Gasteiger partial charge in [0, 0.05) is 25.9 Å². The van der Waals surface area contributed by atoms with Gasteiger partial charge >= 0.3 is 5.97 Å². The first-order chi connectivity index (χ1) is 9.06. The Morgan fingerprint density at radius 2 is 2.21 bits per heavy atom. The van der Waals surface area contributed by atoms with E-state index in [1.165, 1.54) is 0 Å². The van der Waals surface area contributed by atoms with Crippen molar-refractivity contribution in [3.05, 3.63) is 12.2 Å². The van der Waals surface area contributed by atoms with Gasteiger partial charge in [0.15, 0.2) is 5.82 Å². The van der Waals surface area contributed by atoms with Crippen LogP contribution in [0.1, 0.15) is 25.1 Å². The van der Waals surface area contributed by atoms with Gasteiger partial charge in [-0.05, 0) is 19.3 Å². The van der Waals surface area contributed by atoms with Crippen molar-refractivity contribution in [3.8, 4) is 0 Å². The van der Waals surface area contributed by atoms with Crippen LogP contribution < -0.4 is 5.32 Å². The molecule has 1 fully saturated rings. The van der Waals surface area contributed by atoms with Crippen molar-refractivity contribution < 1.29 is 14.7 Å². The first-order valence-electron chi connectivity index (χ1n) is 6.41. The van der Waals surface area contributed by atoms with E-state index in [9.17, 15) is 9.59 Å². The van der Waals surface area contributed by atoms with Crippen molar-refractivity contribution in [3.63, 3.8) is 0 Å². The minimum absolute atomic E-state index is 0.0559. The van der Waals surface area contributed by atoms with E-state index in [0.717, 1.165) is 0 Å². The lowest BCUT2D eigenvalue weighted by Crippen LogP contribution is -2.31. The Morgan fingerprint density at radius 1 is 1.47 bits per heavy atom. The molecule has 1 amide bonds. The number of nitrogens with one attached hydrogen (secondary N) is 1. The predicted octanol–water partition coefficient (Wildman–Crippen LogP) is -0.0253. The molecule has 1 heterocycles. The highest BCUT2D eigenvalue weighted by Crippen LogP contribution is 2.30. The van der Waals surface area contributed by atoms with Gasteiger partial charge in [-0.3, -0.25) is 14.3 Å². The van der Waals surface area contributed by atoms with Crippen molar-refractivity contribution in [2.75, 3.05) is 6.54 Å². The summed E-state index contributed by atoms with van der Waals surface area (Å²) in [6, 6.07) is 0. The molecule has 7 heteroatoms. The van der Waals surface area contributed by atoms with Gasteiger partial charge < -0.3 is 10.4 Å². The number of aromatic nitrogens is 3. The number of carboxylic acids is 1. The van der Waals surface area contributed by atoms with Crippen LogP contribution in [0.5, 0.6) is 0 Å². The lowest BCUT2D eigenvalue weighted by molar-refractivity contribution is -0.141. The van der Waals surface area contributed by atoms with E-state index in [0.29, 0.717) is 38.1 Å². The summed E-state index contributed by atoms with van der Waals surface area (Å²) in [6.45, 7) is 0.483. The second kappa shape index (κ2) is 5.81. The standard InChI is InChI=1S/C12H18N4O3/c1-16-7-14-10(15-16)4-5-13-11(17)8-2-3-9(6-8)12(18)19/h7-9H,2-6H2,1H3,(H,13,17)(H,18,19). The lowest BCUT2D eigenvalue weighted by Gasteiger charge is -2.09. The number of carbonyl (C=O) groups excluding carboxylic acids is 1. The van der Waals surface area contributed by atoms with Gasteiger partial charge in [0.05, 0.1) is 5.92 Å². The molecule has 7 nitrogen and oxygen atoms in total. The van der Waals surface area contributed by atoms with Crippen LogP contribution in [0.25, 0.3) is 0 Å². The highest BCUT2D eigenvalue weighted by atomic mass is 16.4. The smallest absolute Gasteiger partial charge is 0.306 e. The van der Waals surface area contributed by atoms with Crippen LogP contribution in [0.2, 0.25) is 0 Å². The molecule has 0 radical (unpaired) electrons. The SMILES string of the molecule is Cn1cnc(CCNC(=O)C2CCC(C(=O)O)C2)n1. The third kappa shape index (κ3) is 3.52. The largest absolute Gasteiger partial charge is 0.481 e. The first kappa shape index (κ1) is 13.5. The van der Waals surface area contributed by atoms with E-state index < -0.39 is 5.97 Å². The third-order valence-electron chi connectivity index (χ3n) is 3.45. The molecule has 1 aliphatic rings. The summed E-state index contributed by atoms with van der Waals surface area (Å²) in [5.74, 6) is -0.698. The molecule has 0 aromatic carbocycles. The lowest BCUT2D eigenvalue weighted by atomic mass is 10.0. The highest BCUT2D eigenvalue weighted by molar-refractivity contribution is 5.80. The Kier molecular flexibility index (Phi) is 4.13. The van der Waals surface area contributed by atoms with Gasteiger partial charge in [-0.2, -0.15) is 5.10 Å². The number of nitrogens with zero attached hydrogens (tertiary/aromatic N) is 3. The fourth-order valence-corrected chi connectivity index (χ4v) is 2.38. The van der Waals surface area contributed by atoms with Crippen LogP contribution in [0.4, 0.5) is 0 Å². The quantitative estimate of drug-likeness (QED) is 0.780. The molecule has 0 aliphatic heterocycles. The van der Waals surface area contributed by atoms with Crippen molar-refractivity contribution in [2.45, 2.75) is 25.7 Å². The molecule has 104 valence electrons. The Balaban J connectivity index is 1.72. The molecule has 1 aromatic rings. The number of carboxylic acid groups (broad SMARTS) is 1. The van der Waals surface area contributed by atoms with E-state index >= 15 is 0 Å². The fourth-order valence-electron chi connectivity index (χ4n) is 2.38. The van der Waals surface area contributed by atoms with E-state index in [1.807, 2.05) is 0 Å². The maximum Gasteiger partial charge on any atom is 0.306 e. The predicted molar refractivity (Wildman–Crippen MR) is 66.2 cm³/mol. The molecule has 2 N–H and O–H groups in total. The summed E-state index contributed by atoms with van der Waals surface area (Å²) in [6.07, 6.45) is 3.90. The second-order valence-electron chi connectivity index (χ2n) is 4.92. The normalized spacial score (nSPS) is 22.4. The zero-order valence-electron chi connectivity index (χ0n) is 10.9. The van der Waals surface area contributed by atoms with Gasteiger partial charge in [-0.15, -0.1) is 0 Å². The number of rotatable bonds is 5. The molecule has 2 unspecified atom stereocenters. The molecule has 0 saturated heterocycles. The molecule has 1 aromatic heterocycles. The topological polar surface area (TPSA) is 97.1 Å². The first-order valence-corrected chi connectivity index (χ1v) is 6.41. The Bertz CT molecular complexity index is 471. The van der Waals surface area contributed by atoms with Crippen molar-refractivity contribution in [1.82, 2.24) is 20.1 Å². The zero-order chi connectivity index (χ0) is 13.8. The monoisotopic (exact) mass is 266 g/mol. The molecule has 1 saturated carbocycles. The Hall–Kier alpha value is -1.92. The van der Waals surface area contributed by atoms with E-state index in [2.05, 4.69) is 15.4 Å².